The van der Waals surface area contributed by atoms with Gasteiger partial charge in [0.05, 0.1) is 11.3 Å². The summed E-state index contributed by atoms with van der Waals surface area (Å²) in [6, 6.07) is 6.53. The highest BCUT2D eigenvalue weighted by molar-refractivity contribution is 7.17. The Morgan fingerprint density at radius 2 is 2.11 bits per heavy atom. The molecule has 4 N–H and O–H groups in total. The van der Waals surface area contributed by atoms with Crippen LogP contribution in [0.5, 0.6) is 5.75 Å². The number of anilines is 1. The SMILES string of the molecule is Cc1nc(-c2cccc(O)c2C=O)sc1C(=O)Nc1cc([C@H]2CC[C@@H](OC(=O)NC(C)C)C2)[nH]n1. The van der Waals surface area contributed by atoms with Crippen molar-refractivity contribution in [3.63, 3.8) is 0 Å². The number of nitrogens with zero attached hydrogens (tertiary/aromatic N) is 2. The molecule has 1 aromatic carbocycles. The Balaban J connectivity index is 1.41. The maximum absolute atomic E-state index is 12.9. The summed E-state index contributed by atoms with van der Waals surface area (Å²) in [6.07, 6.45) is 2.29. The molecule has 2 aromatic heterocycles. The Bertz CT molecular complexity index is 1250. The Labute approximate surface area is 206 Å². The average Bonchev–Trinajstić information content (AvgIpc) is 3.53. The van der Waals surface area contributed by atoms with E-state index in [9.17, 15) is 19.5 Å². The van der Waals surface area contributed by atoms with Crippen LogP contribution < -0.4 is 10.6 Å². The number of ether oxygens (including phenoxy) is 1. The number of carbonyl (C=O) groups excluding carboxylic acids is 3. The maximum Gasteiger partial charge on any atom is 0.407 e. The lowest BCUT2D eigenvalue weighted by molar-refractivity contribution is 0.0979. The van der Waals surface area contributed by atoms with Crippen LogP contribution in [-0.2, 0) is 4.74 Å². The second-order valence-electron chi connectivity index (χ2n) is 8.79. The summed E-state index contributed by atoms with van der Waals surface area (Å²) < 4.78 is 5.48. The smallest absolute Gasteiger partial charge is 0.407 e. The molecule has 2 amide bonds. The van der Waals surface area contributed by atoms with Gasteiger partial charge in [-0.15, -0.1) is 11.3 Å². The van der Waals surface area contributed by atoms with Crippen LogP contribution in [-0.4, -0.2) is 50.7 Å². The number of amides is 2. The van der Waals surface area contributed by atoms with Gasteiger partial charge in [-0.05, 0) is 46.1 Å². The third-order valence-electron chi connectivity index (χ3n) is 5.78. The average molecular weight is 498 g/mol. The molecule has 10 nitrogen and oxygen atoms in total. The Hall–Kier alpha value is -3.73. The fourth-order valence-electron chi connectivity index (χ4n) is 4.12. The van der Waals surface area contributed by atoms with E-state index < -0.39 is 6.09 Å². The van der Waals surface area contributed by atoms with E-state index in [4.69, 9.17) is 4.74 Å². The molecule has 11 heteroatoms. The summed E-state index contributed by atoms with van der Waals surface area (Å²) in [5, 5.41) is 23.1. The van der Waals surface area contributed by atoms with Gasteiger partial charge in [0.25, 0.3) is 5.91 Å². The van der Waals surface area contributed by atoms with Crippen LogP contribution in [0, 0.1) is 6.92 Å². The molecule has 0 bridgehead atoms. The van der Waals surface area contributed by atoms with Crippen LogP contribution in [0.15, 0.2) is 24.3 Å². The first-order valence-electron chi connectivity index (χ1n) is 11.3. The molecule has 184 valence electrons. The van der Waals surface area contributed by atoms with Crippen molar-refractivity contribution < 1.29 is 24.2 Å². The van der Waals surface area contributed by atoms with Crippen LogP contribution in [0.4, 0.5) is 10.6 Å². The molecule has 0 radical (unpaired) electrons. The van der Waals surface area contributed by atoms with Crippen LogP contribution >= 0.6 is 11.3 Å². The second kappa shape index (κ2) is 10.3. The van der Waals surface area contributed by atoms with E-state index in [0.717, 1.165) is 29.9 Å². The van der Waals surface area contributed by atoms with Crippen molar-refractivity contribution in [2.24, 2.45) is 0 Å². The lowest BCUT2D eigenvalue weighted by atomic mass is 10.0. The fourth-order valence-corrected chi connectivity index (χ4v) is 5.12. The van der Waals surface area contributed by atoms with Crippen molar-refractivity contribution >= 4 is 35.4 Å². The van der Waals surface area contributed by atoms with Crippen molar-refractivity contribution in [3.8, 4) is 16.3 Å². The number of aromatic hydroxyl groups is 1. The molecule has 0 spiro atoms. The summed E-state index contributed by atoms with van der Waals surface area (Å²) in [5.74, 6) is 0.0251. The highest BCUT2D eigenvalue weighted by atomic mass is 32.1. The highest BCUT2D eigenvalue weighted by Crippen LogP contribution is 2.36. The highest BCUT2D eigenvalue weighted by Gasteiger charge is 2.30. The van der Waals surface area contributed by atoms with Gasteiger partial charge in [-0.25, -0.2) is 9.78 Å². The summed E-state index contributed by atoms with van der Waals surface area (Å²) in [5.41, 5.74) is 1.97. The minimum atomic E-state index is -0.409. The van der Waals surface area contributed by atoms with E-state index >= 15 is 0 Å². The molecule has 1 aliphatic rings. The molecule has 0 unspecified atom stereocenters. The molecule has 0 aliphatic heterocycles. The lowest BCUT2D eigenvalue weighted by Gasteiger charge is -2.14. The first-order valence-corrected chi connectivity index (χ1v) is 12.2. The number of aldehydes is 1. The number of aromatic amines is 1. The number of H-pyrrole nitrogens is 1. The molecule has 1 saturated carbocycles. The van der Waals surface area contributed by atoms with Crippen molar-refractivity contribution in [1.82, 2.24) is 20.5 Å². The van der Waals surface area contributed by atoms with E-state index in [2.05, 4.69) is 25.8 Å². The topological polar surface area (TPSA) is 146 Å². The maximum atomic E-state index is 12.9. The van der Waals surface area contributed by atoms with E-state index in [1.54, 1.807) is 25.1 Å². The number of aryl methyl sites for hydroxylation is 1. The van der Waals surface area contributed by atoms with Crippen molar-refractivity contribution in [1.29, 1.82) is 0 Å². The number of phenolic OH excluding ortho intramolecular Hbond substituents is 1. The van der Waals surface area contributed by atoms with Crippen molar-refractivity contribution in [2.75, 3.05) is 5.32 Å². The summed E-state index contributed by atoms with van der Waals surface area (Å²) in [6.45, 7) is 5.47. The number of hydrogen-bond donors (Lipinski definition) is 4. The normalized spacial score (nSPS) is 17.4. The zero-order valence-electron chi connectivity index (χ0n) is 19.6. The quantitative estimate of drug-likeness (QED) is 0.354. The Kier molecular flexibility index (Phi) is 7.15. The lowest BCUT2D eigenvalue weighted by Crippen LogP contribution is -2.33. The second-order valence-corrected chi connectivity index (χ2v) is 9.79. The molecular weight excluding hydrogens is 470 g/mol. The predicted molar refractivity (Wildman–Crippen MR) is 131 cm³/mol. The van der Waals surface area contributed by atoms with Gasteiger partial charge in [0.1, 0.15) is 21.7 Å². The zero-order valence-corrected chi connectivity index (χ0v) is 20.4. The van der Waals surface area contributed by atoms with E-state index in [1.807, 2.05) is 13.8 Å². The number of phenols is 1. The minimum absolute atomic E-state index is 0.0173. The van der Waals surface area contributed by atoms with Gasteiger partial charge in [-0.3, -0.25) is 14.7 Å². The monoisotopic (exact) mass is 497 g/mol. The van der Waals surface area contributed by atoms with Gasteiger partial charge < -0.3 is 20.5 Å². The van der Waals surface area contributed by atoms with E-state index in [-0.39, 0.29) is 35.3 Å². The molecule has 35 heavy (non-hydrogen) atoms. The van der Waals surface area contributed by atoms with Gasteiger partial charge in [0.2, 0.25) is 0 Å². The number of nitrogens with one attached hydrogen (secondary N) is 3. The van der Waals surface area contributed by atoms with Gasteiger partial charge in [0.15, 0.2) is 12.1 Å². The van der Waals surface area contributed by atoms with Crippen LogP contribution in [0.1, 0.15) is 70.4 Å². The summed E-state index contributed by atoms with van der Waals surface area (Å²) in [7, 11) is 0. The van der Waals surface area contributed by atoms with Crippen LogP contribution in [0.2, 0.25) is 0 Å². The Morgan fingerprint density at radius 1 is 1.31 bits per heavy atom. The number of hydrogen-bond acceptors (Lipinski definition) is 8. The molecule has 1 fully saturated rings. The number of rotatable bonds is 7. The van der Waals surface area contributed by atoms with Crippen LogP contribution in [0.25, 0.3) is 10.6 Å². The molecule has 0 saturated heterocycles. The van der Waals surface area contributed by atoms with E-state index in [0.29, 0.717) is 39.7 Å². The number of thiazole rings is 1. The first-order chi connectivity index (χ1) is 16.7. The Morgan fingerprint density at radius 3 is 2.86 bits per heavy atom. The molecule has 2 heterocycles. The molecule has 3 aromatic rings. The fraction of sp³-hybridized carbons (Fsp3) is 0.375. The van der Waals surface area contributed by atoms with E-state index in [1.165, 1.54) is 6.07 Å². The minimum Gasteiger partial charge on any atom is -0.507 e. The number of aromatic nitrogens is 3. The molecule has 4 rings (SSSR count). The zero-order chi connectivity index (χ0) is 25.1. The summed E-state index contributed by atoms with van der Waals surface area (Å²) in [4.78, 5) is 41.0. The molecule has 1 aliphatic carbocycles. The van der Waals surface area contributed by atoms with Crippen molar-refractivity contribution in [3.05, 3.63) is 46.1 Å². The van der Waals surface area contributed by atoms with Gasteiger partial charge in [0, 0.05) is 29.3 Å². The third-order valence-corrected chi connectivity index (χ3v) is 6.97. The van der Waals surface area contributed by atoms with Gasteiger partial charge in [-0.2, -0.15) is 5.10 Å². The molecule has 2 atom stereocenters. The number of carbonyl (C=O) groups is 3. The summed E-state index contributed by atoms with van der Waals surface area (Å²) >= 11 is 1.13. The predicted octanol–water partition coefficient (Wildman–Crippen LogP) is 4.38. The van der Waals surface area contributed by atoms with Crippen molar-refractivity contribution in [2.45, 2.75) is 58.1 Å². The number of benzene rings is 1. The first kappa shape index (κ1) is 24.4. The number of alkyl carbamates (subject to hydrolysis) is 1. The van der Waals surface area contributed by atoms with Crippen LogP contribution in [0.3, 0.4) is 0 Å². The molecular formula is C24H27N5O5S. The van der Waals surface area contributed by atoms with Gasteiger partial charge in [-0.1, -0.05) is 12.1 Å². The van der Waals surface area contributed by atoms with Gasteiger partial charge >= 0.3 is 6.09 Å². The third kappa shape index (κ3) is 5.51. The standard InChI is InChI=1S/C24H27N5O5S/c1-12(2)25-24(33)34-15-8-7-14(9-15)18-10-20(29-28-18)27-22(32)21-13(3)26-23(35-21)16-5-4-6-19(31)17(16)11-30/h4-6,10-12,14-15,31H,7-9H2,1-3H3,(H,25,33)(H2,27,28,29,32)/t14-,15+/m0/s1. The largest absolute Gasteiger partial charge is 0.507 e.